The molecule has 4 N–H and O–H groups in total. The zero-order chi connectivity index (χ0) is 36.9. The second kappa shape index (κ2) is 19.2. The number of hydrogen-bond donors (Lipinski definition) is 3. The van der Waals surface area contributed by atoms with Crippen LogP contribution in [0.4, 0.5) is 4.79 Å². The fourth-order valence-corrected chi connectivity index (χ4v) is 6.57. The SMILES string of the molecule is Cc1ncsc1-c1ccc(CNC(=O)C2CCCN2C(=O)C(NC(=O)CCCCCN(CCOCCN)C(=O)OC(C)(C)C)C(C)(C)C)cc1. The molecular formula is C37H58N6O6S. The molecule has 2 heterocycles. The van der Waals surface area contributed by atoms with Gasteiger partial charge < -0.3 is 35.6 Å². The van der Waals surface area contributed by atoms with Gasteiger partial charge in [0.25, 0.3) is 0 Å². The minimum Gasteiger partial charge on any atom is -0.444 e. The summed E-state index contributed by atoms with van der Waals surface area (Å²) in [6.07, 6.45) is 3.14. The van der Waals surface area contributed by atoms with Gasteiger partial charge in [0.05, 0.1) is 29.3 Å². The predicted octanol–water partition coefficient (Wildman–Crippen LogP) is 5.03. The number of likely N-dealkylation sites (tertiary alicyclic amines) is 1. The maximum absolute atomic E-state index is 13.9. The molecule has 4 amide bonds. The minimum atomic E-state index is -0.776. The molecule has 0 aliphatic carbocycles. The van der Waals surface area contributed by atoms with Gasteiger partial charge in [-0.2, -0.15) is 0 Å². The molecule has 0 radical (unpaired) electrons. The highest BCUT2D eigenvalue weighted by Crippen LogP contribution is 2.28. The number of amides is 4. The first-order chi connectivity index (χ1) is 23.6. The average molecular weight is 715 g/mol. The van der Waals surface area contributed by atoms with E-state index in [1.54, 1.807) is 21.1 Å². The molecule has 3 rings (SSSR count). The van der Waals surface area contributed by atoms with Crippen LogP contribution in [0.15, 0.2) is 29.8 Å². The van der Waals surface area contributed by atoms with E-state index in [0.29, 0.717) is 71.6 Å². The second-order valence-electron chi connectivity index (χ2n) is 14.9. The van der Waals surface area contributed by atoms with Crippen LogP contribution < -0.4 is 16.4 Å². The third-order valence-electron chi connectivity index (χ3n) is 8.44. The van der Waals surface area contributed by atoms with Crippen LogP contribution >= 0.6 is 11.3 Å². The number of aryl methyl sites for hydroxylation is 1. The Morgan fingerprint density at radius 2 is 1.76 bits per heavy atom. The van der Waals surface area contributed by atoms with Crippen LogP contribution in [0.1, 0.15) is 91.3 Å². The highest BCUT2D eigenvalue weighted by Gasteiger charge is 2.41. The molecule has 1 saturated heterocycles. The Balaban J connectivity index is 1.49. The van der Waals surface area contributed by atoms with E-state index in [2.05, 4.69) is 15.6 Å². The summed E-state index contributed by atoms with van der Waals surface area (Å²) in [6, 6.07) is 6.69. The first-order valence-corrected chi connectivity index (χ1v) is 18.6. The molecule has 0 saturated carbocycles. The van der Waals surface area contributed by atoms with Crippen LogP contribution in [0.5, 0.6) is 0 Å². The molecule has 2 unspecified atom stereocenters. The van der Waals surface area contributed by atoms with Crippen LogP contribution in [0.3, 0.4) is 0 Å². The lowest BCUT2D eigenvalue weighted by Gasteiger charge is -2.35. The van der Waals surface area contributed by atoms with E-state index in [4.69, 9.17) is 15.2 Å². The molecule has 278 valence electrons. The number of carbonyl (C=O) groups is 4. The molecule has 1 aliphatic rings. The number of carbonyl (C=O) groups excluding carboxylic acids is 4. The van der Waals surface area contributed by atoms with Crippen molar-refractivity contribution in [3.63, 3.8) is 0 Å². The number of nitrogens with zero attached hydrogens (tertiary/aromatic N) is 3. The van der Waals surface area contributed by atoms with Gasteiger partial charge in [0.2, 0.25) is 17.7 Å². The Morgan fingerprint density at radius 3 is 2.38 bits per heavy atom. The summed E-state index contributed by atoms with van der Waals surface area (Å²) in [5.41, 5.74) is 9.20. The van der Waals surface area contributed by atoms with Gasteiger partial charge in [-0.3, -0.25) is 14.4 Å². The Bertz CT molecular complexity index is 1400. The number of nitrogens with two attached hydrogens (primary N) is 1. The van der Waals surface area contributed by atoms with Crippen molar-refractivity contribution in [1.29, 1.82) is 0 Å². The lowest BCUT2D eigenvalue weighted by atomic mass is 9.85. The first-order valence-electron chi connectivity index (χ1n) is 17.7. The molecule has 1 aliphatic heterocycles. The lowest BCUT2D eigenvalue weighted by Crippen LogP contribution is -2.57. The van der Waals surface area contributed by atoms with Gasteiger partial charge in [-0.05, 0) is 69.9 Å². The summed E-state index contributed by atoms with van der Waals surface area (Å²) in [5.74, 6) is -0.643. The van der Waals surface area contributed by atoms with Crippen LogP contribution in [0.25, 0.3) is 10.4 Å². The smallest absolute Gasteiger partial charge is 0.410 e. The van der Waals surface area contributed by atoms with Gasteiger partial charge in [-0.1, -0.05) is 51.5 Å². The normalized spacial score (nSPS) is 15.4. The largest absolute Gasteiger partial charge is 0.444 e. The fraction of sp³-hybridized carbons (Fsp3) is 0.649. The van der Waals surface area contributed by atoms with Gasteiger partial charge >= 0.3 is 6.09 Å². The molecule has 50 heavy (non-hydrogen) atoms. The molecule has 1 aromatic heterocycles. The minimum absolute atomic E-state index is 0.191. The zero-order valence-electron chi connectivity index (χ0n) is 31.0. The number of thiazole rings is 1. The van der Waals surface area contributed by atoms with E-state index < -0.39 is 29.2 Å². The molecule has 2 atom stereocenters. The Kier molecular flexibility index (Phi) is 15.7. The molecule has 12 nitrogen and oxygen atoms in total. The lowest BCUT2D eigenvalue weighted by molar-refractivity contribution is -0.143. The topological polar surface area (TPSA) is 156 Å². The maximum atomic E-state index is 13.9. The van der Waals surface area contributed by atoms with Crippen molar-refractivity contribution in [3.8, 4) is 10.4 Å². The molecule has 13 heteroatoms. The van der Waals surface area contributed by atoms with E-state index in [0.717, 1.165) is 28.1 Å². The fourth-order valence-electron chi connectivity index (χ4n) is 5.76. The number of ether oxygens (including phenoxy) is 2. The van der Waals surface area contributed by atoms with Gasteiger partial charge in [0, 0.05) is 39.1 Å². The van der Waals surface area contributed by atoms with Gasteiger partial charge in [-0.25, -0.2) is 9.78 Å². The Labute approximate surface area is 301 Å². The van der Waals surface area contributed by atoms with Crippen LogP contribution in [-0.4, -0.2) is 95.7 Å². The number of aromatic nitrogens is 1. The average Bonchev–Trinajstić information content (AvgIpc) is 3.71. The van der Waals surface area contributed by atoms with E-state index in [1.165, 1.54) is 0 Å². The van der Waals surface area contributed by atoms with Crippen LogP contribution in [0.2, 0.25) is 0 Å². The Hall–Kier alpha value is -3.55. The van der Waals surface area contributed by atoms with E-state index in [-0.39, 0.29) is 24.1 Å². The number of benzene rings is 1. The van der Waals surface area contributed by atoms with Gasteiger partial charge in [0.1, 0.15) is 17.7 Å². The predicted molar refractivity (Wildman–Crippen MR) is 196 cm³/mol. The van der Waals surface area contributed by atoms with Crippen LogP contribution in [-0.2, 0) is 30.4 Å². The molecule has 0 bridgehead atoms. The molecule has 1 aromatic carbocycles. The van der Waals surface area contributed by atoms with Crippen molar-refractivity contribution in [2.45, 2.75) is 111 Å². The second-order valence-corrected chi connectivity index (χ2v) is 15.8. The summed E-state index contributed by atoms with van der Waals surface area (Å²) in [6.45, 7) is 16.1. The summed E-state index contributed by atoms with van der Waals surface area (Å²) >= 11 is 1.60. The third-order valence-corrected chi connectivity index (χ3v) is 9.41. The number of rotatable bonds is 17. The third kappa shape index (κ3) is 13.0. The van der Waals surface area contributed by atoms with E-state index in [9.17, 15) is 19.2 Å². The van der Waals surface area contributed by atoms with Crippen LogP contribution in [0, 0.1) is 12.3 Å². The van der Waals surface area contributed by atoms with Crippen molar-refractivity contribution < 1.29 is 28.7 Å². The molecule has 0 spiro atoms. The highest BCUT2D eigenvalue weighted by molar-refractivity contribution is 7.13. The number of unbranched alkanes of at least 4 members (excludes halogenated alkanes) is 2. The summed E-state index contributed by atoms with van der Waals surface area (Å²) in [4.78, 5) is 61.7. The monoisotopic (exact) mass is 714 g/mol. The number of nitrogens with one attached hydrogen (secondary N) is 2. The summed E-state index contributed by atoms with van der Waals surface area (Å²) < 4.78 is 11.0. The van der Waals surface area contributed by atoms with Crippen molar-refractivity contribution in [2.24, 2.45) is 11.1 Å². The summed E-state index contributed by atoms with van der Waals surface area (Å²) in [5, 5.41) is 6.00. The standard InChI is InChI=1S/C37H58N6O6S/c1-26-31(50-25-40-26)28-16-14-27(15-17-28)24-39-33(45)29-12-11-20-43(29)34(46)32(36(2,3)4)41-30(44)13-9-8-10-19-42(21-23-48-22-18-38)35(47)49-37(5,6)7/h14-17,25,29,32H,8-13,18-24,38H2,1-7H3,(H,39,45)(H,41,44). The summed E-state index contributed by atoms with van der Waals surface area (Å²) in [7, 11) is 0. The number of hydrogen-bond acceptors (Lipinski definition) is 9. The van der Waals surface area contributed by atoms with Gasteiger partial charge in [0.15, 0.2) is 0 Å². The van der Waals surface area contributed by atoms with Crippen molar-refractivity contribution in [2.75, 3.05) is 39.4 Å². The Morgan fingerprint density at radius 1 is 1.04 bits per heavy atom. The first kappa shape index (κ1) is 40.9. The quantitative estimate of drug-likeness (QED) is 0.193. The molecule has 2 aromatic rings. The van der Waals surface area contributed by atoms with E-state index in [1.807, 2.05) is 78.2 Å². The van der Waals surface area contributed by atoms with Crippen molar-refractivity contribution in [3.05, 3.63) is 41.0 Å². The zero-order valence-corrected chi connectivity index (χ0v) is 31.8. The van der Waals surface area contributed by atoms with Crippen molar-refractivity contribution in [1.82, 2.24) is 25.4 Å². The molecule has 1 fully saturated rings. The maximum Gasteiger partial charge on any atom is 0.410 e. The van der Waals surface area contributed by atoms with Gasteiger partial charge in [-0.15, -0.1) is 11.3 Å². The molecular weight excluding hydrogens is 657 g/mol. The van der Waals surface area contributed by atoms with Crippen molar-refractivity contribution >= 4 is 35.2 Å². The van der Waals surface area contributed by atoms with E-state index >= 15 is 0 Å². The highest BCUT2D eigenvalue weighted by atomic mass is 32.1.